The monoisotopic (exact) mass is 241 g/mol. The van der Waals surface area contributed by atoms with Gasteiger partial charge < -0.3 is 5.73 Å². The van der Waals surface area contributed by atoms with Gasteiger partial charge in [0, 0.05) is 31.5 Å². The molecule has 0 bridgehead atoms. The van der Waals surface area contributed by atoms with Crippen LogP contribution in [0.15, 0.2) is 29.4 Å². The number of hydrogen-bond donors (Lipinski definition) is 1. The summed E-state index contributed by atoms with van der Waals surface area (Å²) in [6.45, 7) is 0.929. The third-order valence-electron chi connectivity index (χ3n) is 2.84. The summed E-state index contributed by atoms with van der Waals surface area (Å²) in [5.41, 5.74) is 5.58. The first-order valence-electron chi connectivity index (χ1n) is 5.28. The predicted octanol–water partition coefficient (Wildman–Crippen LogP) is 0.193. The lowest BCUT2D eigenvalue weighted by atomic mass is 10.2. The molecule has 2 rings (SSSR count). The molecule has 0 aromatic carbocycles. The Labute approximate surface area is 95.3 Å². The smallest absolute Gasteiger partial charge is 0.244 e. The molecule has 1 fully saturated rings. The number of pyridine rings is 1. The molecule has 1 aromatic rings. The van der Waals surface area contributed by atoms with Crippen LogP contribution in [0.1, 0.15) is 12.8 Å². The third-order valence-corrected chi connectivity index (χ3v) is 4.77. The van der Waals surface area contributed by atoms with Crippen LogP contribution in [0.2, 0.25) is 0 Å². The maximum atomic E-state index is 12.2. The van der Waals surface area contributed by atoms with E-state index in [1.807, 2.05) is 0 Å². The maximum Gasteiger partial charge on any atom is 0.244 e. The van der Waals surface area contributed by atoms with Crippen LogP contribution in [0.5, 0.6) is 0 Å². The fourth-order valence-electron chi connectivity index (χ4n) is 2.00. The molecular formula is C10H15N3O2S. The number of sulfonamides is 1. The van der Waals surface area contributed by atoms with Gasteiger partial charge in [0.15, 0.2) is 0 Å². The van der Waals surface area contributed by atoms with Gasteiger partial charge in [0.25, 0.3) is 0 Å². The summed E-state index contributed by atoms with van der Waals surface area (Å²) >= 11 is 0. The minimum absolute atomic E-state index is 0.0646. The van der Waals surface area contributed by atoms with Gasteiger partial charge in [0.05, 0.1) is 0 Å². The van der Waals surface area contributed by atoms with E-state index < -0.39 is 10.0 Å². The van der Waals surface area contributed by atoms with Gasteiger partial charge in [-0.2, -0.15) is 4.31 Å². The molecule has 1 unspecified atom stereocenters. The zero-order valence-electron chi connectivity index (χ0n) is 8.91. The zero-order valence-corrected chi connectivity index (χ0v) is 9.73. The Balaban J connectivity index is 2.33. The van der Waals surface area contributed by atoms with Crippen molar-refractivity contribution in [1.29, 1.82) is 0 Å². The first kappa shape index (κ1) is 11.5. The minimum Gasteiger partial charge on any atom is -0.329 e. The molecule has 0 radical (unpaired) electrons. The van der Waals surface area contributed by atoms with E-state index in [1.165, 1.54) is 10.5 Å². The lowest BCUT2D eigenvalue weighted by molar-refractivity contribution is 0.393. The Morgan fingerprint density at radius 1 is 1.56 bits per heavy atom. The molecule has 88 valence electrons. The summed E-state index contributed by atoms with van der Waals surface area (Å²) in [4.78, 5) is 4.08. The van der Waals surface area contributed by atoms with Gasteiger partial charge in [-0.3, -0.25) is 4.98 Å². The molecule has 16 heavy (non-hydrogen) atoms. The number of nitrogens with zero attached hydrogens (tertiary/aromatic N) is 2. The largest absolute Gasteiger partial charge is 0.329 e. The van der Waals surface area contributed by atoms with Gasteiger partial charge in [-0.15, -0.1) is 0 Å². The normalized spacial score (nSPS) is 22.4. The fraction of sp³-hybridized carbons (Fsp3) is 0.500. The summed E-state index contributed by atoms with van der Waals surface area (Å²) in [5.74, 6) is 0. The van der Waals surface area contributed by atoms with Crippen LogP contribution in [0, 0.1) is 0 Å². The molecule has 1 atom stereocenters. The van der Waals surface area contributed by atoms with Gasteiger partial charge in [0.2, 0.25) is 10.0 Å². The van der Waals surface area contributed by atoms with E-state index in [-0.39, 0.29) is 10.9 Å². The molecule has 1 aliphatic heterocycles. The van der Waals surface area contributed by atoms with Crippen LogP contribution in [0.3, 0.4) is 0 Å². The number of nitrogens with two attached hydrogens (primary N) is 1. The lowest BCUT2D eigenvalue weighted by Crippen LogP contribution is -2.39. The second kappa shape index (κ2) is 4.48. The summed E-state index contributed by atoms with van der Waals surface area (Å²) in [7, 11) is -3.41. The molecule has 0 aliphatic carbocycles. The van der Waals surface area contributed by atoms with E-state index >= 15 is 0 Å². The summed E-state index contributed by atoms with van der Waals surface area (Å²) < 4.78 is 26.0. The summed E-state index contributed by atoms with van der Waals surface area (Å²) in [6.07, 6.45) is 4.65. The van der Waals surface area contributed by atoms with Crippen LogP contribution in [-0.4, -0.2) is 36.8 Å². The molecule has 1 saturated heterocycles. The molecule has 1 aromatic heterocycles. The predicted molar refractivity (Wildman–Crippen MR) is 60.2 cm³/mol. The first-order valence-corrected chi connectivity index (χ1v) is 6.72. The van der Waals surface area contributed by atoms with Gasteiger partial charge >= 0.3 is 0 Å². The molecule has 5 nitrogen and oxygen atoms in total. The van der Waals surface area contributed by atoms with E-state index in [2.05, 4.69) is 4.98 Å². The van der Waals surface area contributed by atoms with Gasteiger partial charge in [-0.25, -0.2) is 8.42 Å². The van der Waals surface area contributed by atoms with Gasteiger partial charge in [-0.05, 0) is 25.0 Å². The average molecular weight is 241 g/mol. The average Bonchev–Trinajstić information content (AvgIpc) is 2.79. The molecule has 0 saturated carbocycles. The van der Waals surface area contributed by atoms with Crippen molar-refractivity contribution >= 4 is 10.0 Å². The molecule has 0 spiro atoms. The van der Waals surface area contributed by atoms with Crippen LogP contribution < -0.4 is 5.73 Å². The maximum absolute atomic E-state index is 12.2. The Morgan fingerprint density at radius 2 is 2.38 bits per heavy atom. The SMILES string of the molecule is NCC1CCCN1S(=O)(=O)c1cccnc1. The third kappa shape index (κ3) is 1.95. The Kier molecular flexibility index (Phi) is 3.22. The highest BCUT2D eigenvalue weighted by atomic mass is 32.2. The van der Waals surface area contributed by atoms with Crippen molar-refractivity contribution in [3.63, 3.8) is 0 Å². The Morgan fingerprint density at radius 3 is 3.00 bits per heavy atom. The van der Waals surface area contributed by atoms with Crippen molar-refractivity contribution in [2.24, 2.45) is 5.73 Å². The van der Waals surface area contributed by atoms with E-state index in [0.717, 1.165) is 12.8 Å². The highest BCUT2D eigenvalue weighted by Gasteiger charge is 2.34. The standard InChI is InChI=1S/C10H15N3O2S/c11-7-9-3-2-6-13(9)16(14,15)10-4-1-5-12-8-10/h1,4-5,8-9H,2-3,6-7,11H2. The molecule has 1 aliphatic rings. The van der Waals surface area contributed by atoms with Crippen LogP contribution in [0.4, 0.5) is 0 Å². The molecule has 2 N–H and O–H groups in total. The second-order valence-corrected chi connectivity index (χ2v) is 5.73. The van der Waals surface area contributed by atoms with Gasteiger partial charge in [0.1, 0.15) is 4.90 Å². The first-order chi connectivity index (χ1) is 7.66. The van der Waals surface area contributed by atoms with Crippen molar-refractivity contribution in [3.05, 3.63) is 24.5 Å². The van der Waals surface area contributed by atoms with Crippen molar-refractivity contribution in [2.75, 3.05) is 13.1 Å². The van der Waals surface area contributed by atoms with Crippen LogP contribution in [0.25, 0.3) is 0 Å². The second-order valence-electron chi connectivity index (χ2n) is 3.84. The fourth-order valence-corrected chi connectivity index (χ4v) is 3.67. The van der Waals surface area contributed by atoms with Crippen molar-refractivity contribution in [1.82, 2.24) is 9.29 Å². The zero-order chi connectivity index (χ0) is 11.6. The van der Waals surface area contributed by atoms with Gasteiger partial charge in [-0.1, -0.05) is 0 Å². The molecular weight excluding hydrogens is 226 g/mol. The molecule has 2 heterocycles. The highest BCUT2D eigenvalue weighted by Crippen LogP contribution is 2.24. The quantitative estimate of drug-likeness (QED) is 0.819. The topological polar surface area (TPSA) is 76.3 Å². The number of rotatable bonds is 3. The van der Waals surface area contributed by atoms with Crippen LogP contribution in [-0.2, 0) is 10.0 Å². The Bertz CT molecular complexity index is 446. The molecule has 6 heteroatoms. The van der Waals surface area contributed by atoms with Crippen molar-refractivity contribution in [3.8, 4) is 0 Å². The van der Waals surface area contributed by atoms with E-state index in [0.29, 0.717) is 13.1 Å². The molecule has 0 amide bonds. The Hall–Kier alpha value is -0.980. The van der Waals surface area contributed by atoms with E-state index in [9.17, 15) is 8.42 Å². The number of hydrogen-bond acceptors (Lipinski definition) is 4. The minimum atomic E-state index is -3.41. The highest BCUT2D eigenvalue weighted by molar-refractivity contribution is 7.89. The van der Waals surface area contributed by atoms with Crippen molar-refractivity contribution < 1.29 is 8.42 Å². The summed E-state index contributed by atoms with van der Waals surface area (Å²) in [5, 5.41) is 0. The van der Waals surface area contributed by atoms with Crippen molar-refractivity contribution in [2.45, 2.75) is 23.8 Å². The van der Waals surface area contributed by atoms with E-state index in [1.54, 1.807) is 18.3 Å². The van der Waals surface area contributed by atoms with Crippen LogP contribution >= 0.6 is 0 Å². The summed E-state index contributed by atoms with van der Waals surface area (Å²) in [6, 6.07) is 3.12. The lowest BCUT2D eigenvalue weighted by Gasteiger charge is -2.22. The van der Waals surface area contributed by atoms with E-state index in [4.69, 9.17) is 5.73 Å². The number of aromatic nitrogens is 1.